The zero-order valence-electron chi connectivity index (χ0n) is 15.9. The molecule has 4 heterocycles. The number of ether oxygens (including phenoxy) is 1. The highest BCUT2D eigenvalue weighted by Gasteiger charge is 2.42. The molecule has 3 aliphatic rings. The number of hydrogen-bond donors (Lipinski definition) is 1. The number of pyridine rings is 1. The molecule has 158 valence electrons. The Bertz CT molecular complexity index is 777. The molecule has 0 spiro atoms. The summed E-state index contributed by atoms with van der Waals surface area (Å²) in [6.45, 7) is 6.07. The zero-order chi connectivity index (χ0) is 16.7. The van der Waals surface area contributed by atoms with Crippen LogP contribution in [0.25, 0.3) is 10.9 Å². The topological polar surface area (TPSA) is 109 Å². The Labute approximate surface area is 178 Å². The van der Waals surface area contributed by atoms with Gasteiger partial charge in [-0.15, -0.1) is 31.4 Å². The van der Waals surface area contributed by atoms with Gasteiger partial charge in [0.15, 0.2) is 0 Å². The third kappa shape index (κ3) is 4.59. The lowest BCUT2D eigenvalue weighted by Gasteiger charge is -2.50. The second-order valence-corrected chi connectivity index (χ2v) is 6.97. The minimum Gasteiger partial charge on any atom is -0.497 e. The van der Waals surface area contributed by atoms with Crippen molar-refractivity contribution in [1.29, 1.82) is 0 Å². The molecule has 1 aromatic carbocycles. The summed E-state index contributed by atoms with van der Waals surface area (Å²) in [5.41, 5.74) is 1.85. The van der Waals surface area contributed by atoms with Crippen LogP contribution in [0.5, 0.6) is 5.75 Å². The molecule has 8 heteroatoms. The number of benzene rings is 1. The lowest BCUT2D eigenvalue weighted by atomic mass is 9.73. The van der Waals surface area contributed by atoms with Crippen LogP contribution in [0.3, 0.4) is 0 Å². The summed E-state index contributed by atoms with van der Waals surface area (Å²) in [7, 11) is 1.66. The first-order valence-corrected chi connectivity index (χ1v) is 8.68. The molecule has 5 N–H and O–H groups in total. The third-order valence-corrected chi connectivity index (χ3v) is 5.82. The van der Waals surface area contributed by atoms with E-state index in [9.17, 15) is 5.11 Å². The third-order valence-electron chi connectivity index (χ3n) is 5.82. The van der Waals surface area contributed by atoms with Crippen LogP contribution in [0, 0.1) is 11.8 Å². The van der Waals surface area contributed by atoms with Crippen molar-refractivity contribution in [3.8, 4) is 5.75 Å². The Morgan fingerprint density at radius 3 is 2.64 bits per heavy atom. The number of rotatable bonds is 4. The summed E-state index contributed by atoms with van der Waals surface area (Å²) in [4.78, 5) is 6.86. The van der Waals surface area contributed by atoms with E-state index in [4.69, 9.17) is 4.74 Å². The van der Waals surface area contributed by atoms with Gasteiger partial charge in [-0.3, -0.25) is 9.88 Å². The zero-order valence-corrected chi connectivity index (χ0v) is 17.5. The highest BCUT2D eigenvalue weighted by molar-refractivity contribution is 5.85. The number of aromatic nitrogens is 1. The monoisotopic (exact) mass is 432 g/mol. The Kier molecular flexibility index (Phi) is 10.4. The van der Waals surface area contributed by atoms with Gasteiger partial charge in [0.1, 0.15) is 5.75 Å². The molecule has 6 nitrogen and oxygen atoms in total. The Balaban J connectivity index is 0.00000182. The first-order chi connectivity index (χ1) is 11.7. The number of hydrogen-bond acceptors (Lipinski definition) is 4. The van der Waals surface area contributed by atoms with Crippen LogP contribution < -0.4 is 4.74 Å². The van der Waals surface area contributed by atoms with Gasteiger partial charge in [-0.2, -0.15) is 0 Å². The van der Waals surface area contributed by atoms with E-state index >= 15 is 0 Å². The van der Waals surface area contributed by atoms with Gasteiger partial charge in [0, 0.05) is 24.2 Å². The number of halogens is 2. The minimum absolute atomic E-state index is 0. The second kappa shape index (κ2) is 11.0. The molecule has 1 aromatic heterocycles. The summed E-state index contributed by atoms with van der Waals surface area (Å²) >= 11 is 0. The van der Waals surface area contributed by atoms with Gasteiger partial charge in [-0.25, -0.2) is 0 Å². The van der Waals surface area contributed by atoms with Crippen LogP contribution in [0.1, 0.15) is 24.5 Å². The normalized spacial score (nSPS) is 25.9. The minimum atomic E-state index is -0.504. The van der Waals surface area contributed by atoms with Crippen molar-refractivity contribution in [2.75, 3.05) is 20.2 Å². The molecule has 3 saturated heterocycles. The standard InChI is InChI=1S/C20H24N2O2.2ClH.2H2O/c1-3-13-12-22-9-7-14(13)10-19(22)20(23)16-6-8-21-18-5-4-15(24-2)11-17(16)18;;;;/h3-6,8,11,13-14,19-20,23H,1,7,9-10,12H2,2H3;2*1H;2*1H2/t13-,14+,19?,20+;;;;/m0..../s1. The van der Waals surface area contributed by atoms with E-state index < -0.39 is 6.10 Å². The second-order valence-electron chi connectivity index (χ2n) is 6.97. The van der Waals surface area contributed by atoms with Gasteiger partial charge >= 0.3 is 0 Å². The first-order valence-electron chi connectivity index (χ1n) is 8.68. The highest BCUT2D eigenvalue weighted by atomic mass is 35.5. The fourth-order valence-corrected chi connectivity index (χ4v) is 4.44. The fourth-order valence-electron chi connectivity index (χ4n) is 4.44. The van der Waals surface area contributed by atoms with E-state index in [1.54, 1.807) is 13.3 Å². The van der Waals surface area contributed by atoms with Gasteiger partial charge < -0.3 is 20.8 Å². The van der Waals surface area contributed by atoms with E-state index in [0.717, 1.165) is 41.7 Å². The molecule has 2 aromatic rings. The van der Waals surface area contributed by atoms with E-state index in [-0.39, 0.29) is 41.8 Å². The molecule has 0 saturated carbocycles. The largest absolute Gasteiger partial charge is 0.497 e. The van der Waals surface area contributed by atoms with E-state index in [0.29, 0.717) is 11.8 Å². The predicted octanol–water partition coefficient (Wildman–Crippen LogP) is 2.37. The summed E-state index contributed by atoms with van der Waals surface area (Å²) in [6.07, 6.45) is 5.62. The van der Waals surface area contributed by atoms with Crippen molar-refractivity contribution in [2.45, 2.75) is 25.0 Å². The molecule has 5 rings (SSSR count). The quantitative estimate of drug-likeness (QED) is 0.747. The van der Waals surface area contributed by atoms with Crippen molar-refractivity contribution >= 4 is 35.7 Å². The van der Waals surface area contributed by atoms with Crippen molar-refractivity contribution in [2.24, 2.45) is 11.8 Å². The lowest BCUT2D eigenvalue weighted by molar-refractivity contribution is -0.0444. The molecule has 0 amide bonds. The number of piperidine rings is 3. The van der Waals surface area contributed by atoms with E-state index in [1.165, 1.54) is 6.42 Å². The van der Waals surface area contributed by atoms with Gasteiger partial charge in [-0.05, 0) is 61.1 Å². The van der Waals surface area contributed by atoms with Crippen molar-refractivity contribution in [3.05, 3.63) is 48.7 Å². The maximum Gasteiger partial charge on any atom is 0.119 e. The molecule has 28 heavy (non-hydrogen) atoms. The number of aliphatic hydroxyl groups is 1. The van der Waals surface area contributed by atoms with Crippen LogP contribution in [-0.2, 0) is 0 Å². The van der Waals surface area contributed by atoms with E-state index in [1.807, 2.05) is 24.3 Å². The molecule has 3 aliphatic heterocycles. The number of fused-ring (bicyclic) bond motifs is 4. The van der Waals surface area contributed by atoms with Crippen LogP contribution in [0.2, 0.25) is 0 Å². The van der Waals surface area contributed by atoms with E-state index in [2.05, 4.69) is 22.5 Å². The van der Waals surface area contributed by atoms with Crippen molar-refractivity contribution in [1.82, 2.24) is 9.88 Å². The Hall–Kier alpha value is -1.41. The maximum atomic E-state index is 11.2. The molecule has 2 unspecified atom stereocenters. The smallest absolute Gasteiger partial charge is 0.119 e. The summed E-state index contributed by atoms with van der Waals surface area (Å²) in [6, 6.07) is 7.96. The summed E-state index contributed by atoms with van der Waals surface area (Å²) in [5, 5.41) is 12.1. The van der Waals surface area contributed by atoms with Crippen LogP contribution in [0.4, 0.5) is 0 Å². The molecule has 3 fully saturated rings. The SMILES string of the molecule is C=C[C@H]1CN2CC[C@@H]1CC2[C@H](O)c1ccnc2ccc(OC)cc12.Cl.Cl.O.O. The van der Waals surface area contributed by atoms with Crippen LogP contribution >= 0.6 is 24.8 Å². The predicted molar refractivity (Wildman–Crippen MR) is 117 cm³/mol. The first kappa shape index (κ1) is 26.6. The Morgan fingerprint density at radius 1 is 1.29 bits per heavy atom. The lowest BCUT2D eigenvalue weighted by Crippen LogP contribution is -2.54. The molecule has 5 atom stereocenters. The van der Waals surface area contributed by atoms with Crippen LogP contribution in [-0.4, -0.2) is 52.2 Å². The number of nitrogens with zero attached hydrogens (tertiary/aromatic N) is 2. The van der Waals surface area contributed by atoms with Gasteiger partial charge in [0.2, 0.25) is 0 Å². The van der Waals surface area contributed by atoms with Crippen LogP contribution in [0.15, 0.2) is 43.1 Å². The summed E-state index contributed by atoms with van der Waals surface area (Å²) < 4.78 is 5.35. The maximum absolute atomic E-state index is 11.2. The Morgan fingerprint density at radius 2 is 2.04 bits per heavy atom. The molecule has 2 bridgehead atoms. The highest BCUT2D eigenvalue weighted by Crippen LogP contribution is 2.42. The molecule has 0 radical (unpaired) electrons. The number of aliphatic hydroxyl groups excluding tert-OH is 1. The molecule has 0 aliphatic carbocycles. The average Bonchev–Trinajstić information content (AvgIpc) is 2.66. The van der Waals surface area contributed by atoms with Crippen molar-refractivity contribution in [3.63, 3.8) is 0 Å². The molecular formula is C20H30Cl2N2O4. The van der Waals surface area contributed by atoms with Gasteiger partial charge in [0.05, 0.1) is 18.7 Å². The number of methoxy groups -OCH3 is 1. The fraction of sp³-hybridized carbons (Fsp3) is 0.450. The molecular weight excluding hydrogens is 403 g/mol. The van der Waals surface area contributed by atoms with Crippen molar-refractivity contribution < 1.29 is 20.8 Å². The average molecular weight is 433 g/mol. The summed E-state index contributed by atoms with van der Waals surface area (Å²) in [5.74, 6) is 2.01. The van der Waals surface area contributed by atoms with Gasteiger partial charge in [-0.1, -0.05) is 6.08 Å². The van der Waals surface area contributed by atoms with Gasteiger partial charge in [0.25, 0.3) is 0 Å².